The molecule has 2 aliphatic rings. The van der Waals surface area contributed by atoms with E-state index in [1.165, 1.54) is 70.8 Å². The number of hydrogen-bond donors (Lipinski definition) is 0. The lowest BCUT2D eigenvalue weighted by atomic mass is 9.55. The molecular weight excluding hydrogens is 242 g/mol. The van der Waals surface area contributed by atoms with Crippen LogP contribution in [0.2, 0.25) is 0 Å². The molecule has 2 fully saturated rings. The third-order valence-electron chi connectivity index (χ3n) is 5.96. The highest BCUT2D eigenvalue weighted by molar-refractivity contribution is 5.10. The van der Waals surface area contributed by atoms with Crippen LogP contribution >= 0.6 is 0 Å². The molecule has 1 aliphatic heterocycles. The molecule has 0 bridgehead atoms. The summed E-state index contributed by atoms with van der Waals surface area (Å²) in [4.78, 5) is 2.93. The van der Waals surface area contributed by atoms with E-state index in [4.69, 9.17) is 0 Å². The highest BCUT2D eigenvalue weighted by atomic mass is 15.3. The normalized spacial score (nSPS) is 26.6. The van der Waals surface area contributed by atoms with Gasteiger partial charge in [0.15, 0.2) is 0 Å². The van der Waals surface area contributed by atoms with Crippen molar-refractivity contribution in [2.45, 2.75) is 104 Å². The summed E-state index contributed by atoms with van der Waals surface area (Å²) < 4.78 is 0. The van der Waals surface area contributed by atoms with Gasteiger partial charge in [0.2, 0.25) is 0 Å². The van der Waals surface area contributed by atoms with Crippen molar-refractivity contribution < 1.29 is 0 Å². The van der Waals surface area contributed by atoms with Gasteiger partial charge in [-0.25, -0.2) is 0 Å². The van der Waals surface area contributed by atoms with Gasteiger partial charge < -0.3 is 0 Å². The van der Waals surface area contributed by atoms with Crippen LogP contribution < -0.4 is 0 Å². The molecule has 2 unspecified atom stereocenters. The Bertz CT molecular complexity index is 279. The SMILES string of the molecule is CCCCCC(CCCC)N1CC2(CCC2)C1C(C)C. The molecule has 0 aromatic rings. The summed E-state index contributed by atoms with van der Waals surface area (Å²) in [6.07, 6.45) is 14.4. The first-order valence-corrected chi connectivity index (χ1v) is 9.40. The number of hydrogen-bond acceptors (Lipinski definition) is 1. The van der Waals surface area contributed by atoms with Crippen molar-refractivity contribution in [1.29, 1.82) is 0 Å². The predicted molar refractivity (Wildman–Crippen MR) is 89.1 cm³/mol. The molecule has 1 nitrogen and oxygen atoms in total. The van der Waals surface area contributed by atoms with Crippen molar-refractivity contribution in [2.75, 3.05) is 6.54 Å². The van der Waals surface area contributed by atoms with Gasteiger partial charge in [0.1, 0.15) is 0 Å². The van der Waals surface area contributed by atoms with Crippen molar-refractivity contribution in [3.63, 3.8) is 0 Å². The zero-order valence-electron chi connectivity index (χ0n) is 14.5. The molecule has 0 aromatic carbocycles. The fourth-order valence-electron chi connectivity index (χ4n) is 4.87. The lowest BCUT2D eigenvalue weighted by Gasteiger charge is -2.66. The third kappa shape index (κ3) is 3.24. The maximum atomic E-state index is 2.93. The van der Waals surface area contributed by atoms with Crippen LogP contribution in [0.4, 0.5) is 0 Å². The van der Waals surface area contributed by atoms with E-state index >= 15 is 0 Å². The molecule has 0 amide bonds. The standard InChI is InChI=1S/C19H37N/c1-5-7-9-12-17(11-8-6-2)20-15-19(13-10-14-19)18(20)16(3)4/h16-18H,5-15H2,1-4H3. The zero-order valence-corrected chi connectivity index (χ0v) is 14.5. The second-order valence-electron chi connectivity index (χ2n) is 7.87. The van der Waals surface area contributed by atoms with Gasteiger partial charge in [-0.1, -0.05) is 66.2 Å². The average molecular weight is 280 g/mol. The van der Waals surface area contributed by atoms with Crippen LogP contribution in [-0.4, -0.2) is 23.5 Å². The van der Waals surface area contributed by atoms with Gasteiger partial charge in [-0.05, 0) is 37.0 Å². The van der Waals surface area contributed by atoms with Gasteiger partial charge in [0.25, 0.3) is 0 Å². The second-order valence-corrected chi connectivity index (χ2v) is 7.87. The fraction of sp³-hybridized carbons (Fsp3) is 1.00. The summed E-state index contributed by atoms with van der Waals surface area (Å²) in [6.45, 7) is 11.0. The molecule has 0 N–H and O–H groups in total. The van der Waals surface area contributed by atoms with Gasteiger partial charge in [-0.3, -0.25) is 4.90 Å². The molecule has 1 heterocycles. The van der Waals surface area contributed by atoms with Crippen LogP contribution in [0.25, 0.3) is 0 Å². The minimum absolute atomic E-state index is 0.753. The summed E-state index contributed by atoms with van der Waals surface area (Å²) in [6, 6.07) is 1.79. The average Bonchev–Trinajstić information content (AvgIpc) is 2.31. The molecule has 1 spiro atoms. The minimum Gasteiger partial charge on any atom is -0.296 e. The second kappa shape index (κ2) is 7.29. The quantitative estimate of drug-likeness (QED) is 0.494. The van der Waals surface area contributed by atoms with E-state index in [-0.39, 0.29) is 0 Å². The van der Waals surface area contributed by atoms with E-state index in [1.54, 1.807) is 0 Å². The summed E-state index contributed by atoms with van der Waals surface area (Å²) in [5, 5.41) is 0. The monoisotopic (exact) mass is 279 g/mol. The number of nitrogens with zero attached hydrogens (tertiary/aromatic N) is 1. The van der Waals surface area contributed by atoms with Crippen molar-refractivity contribution in [3.8, 4) is 0 Å². The minimum atomic E-state index is 0.753. The first kappa shape index (κ1) is 16.3. The Kier molecular flexibility index (Phi) is 5.95. The number of likely N-dealkylation sites (tertiary alicyclic amines) is 1. The molecule has 2 rings (SSSR count). The van der Waals surface area contributed by atoms with Gasteiger partial charge in [0.05, 0.1) is 0 Å². The summed E-state index contributed by atoms with van der Waals surface area (Å²) >= 11 is 0. The van der Waals surface area contributed by atoms with Crippen LogP contribution in [-0.2, 0) is 0 Å². The molecule has 1 saturated carbocycles. The highest BCUT2D eigenvalue weighted by Gasteiger charge is 2.57. The third-order valence-corrected chi connectivity index (χ3v) is 5.96. The van der Waals surface area contributed by atoms with E-state index in [2.05, 4.69) is 32.6 Å². The molecule has 1 heteroatoms. The van der Waals surface area contributed by atoms with Crippen LogP contribution in [0.3, 0.4) is 0 Å². The van der Waals surface area contributed by atoms with Gasteiger partial charge >= 0.3 is 0 Å². The first-order valence-electron chi connectivity index (χ1n) is 9.40. The van der Waals surface area contributed by atoms with E-state index in [0.29, 0.717) is 0 Å². The van der Waals surface area contributed by atoms with Crippen molar-refractivity contribution in [3.05, 3.63) is 0 Å². The maximum Gasteiger partial charge on any atom is 0.0190 e. The van der Waals surface area contributed by atoms with E-state index < -0.39 is 0 Å². The van der Waals surface area contributed by atoms with Crippen LogP contribution in [0.15, 0.2) is 0 Å². The van der Waals surface area contributed by atoms with Crippen LogP contribution in [0.1, 0.15) is 91.9 Å². The molecule has 1 aliphatic carbocycles. The topological polar surface area (TPSA) is 3.24 Å². The summed E-state index contributed by atoms with van der Waals surface area (Å²) in [5.74, 6) is 0.847. The van der Waals surface area contributed by atoms with E-state index in [0.717, 1.165) is 23.4 Å². The number of unbranched alkanes of at least 4 members (excludes halogenated alkanes) is 3. The van der Waals surface area contributed by atoms with Crippen molar-refractivity contribution >= 4 is 0 Å². The lowest BCUT2D eigenvalue weighted by Crippen LogP contribution is -2.71. The highest BCUT2D eigenvalue weighted by Crippen LogP contribution is 2.56. The molecule has 0 radical (unpaired) electrons. The van der Waals surface area contributed by atoms with Gasteiger partial charge in [0, 0.05) is 18.6 Å². The number of rotatable bonds is 9. The molecule has 2 atom stereocenters. The molecular formula is C19H37N. The van der Waals surface area contributed by atoms with Crippen molar-refractivity contribution in [1.82, 2.24) is 4.90 Å². The Labute approximate surface area is 127 Å². The Balaban J connectivity index is 1.93. The van der Waals surface area contributed by atoms with E-state index in [9.17, 15) is 0 Å². The Morgan fingerprint density at radius 3 is 2.15 bits per heavy atom. The fourth-order valence-corrected chi connectivity index (χ4v) is 4.87. The lowest BCUT2D eigenvalue weighted by molar-refractivity contribution is -0.166. The Morgan fingerprint density at radius 2 is 1.65 bits per heavy atom. The van der Waals surface area contributed by atoms with Crippen molar-refractivity contribution in [2.24, 2.45) is 11.3 Å². The first-order chi connectivity index (χ1) is 9.64. The summed E-state index contributed by atoms with van der Waals surface area (Å²) in [7, 11) is 0. The smallest absolute Gasteiger partial charge is 0.0190 e. The van der Waals surface area contributed by atoms with Gasteiger partial charge in [-0.15, -0.1) is 0 Å². The van der Waals surface area contributed by atoms with E-state index in [1.807, 2.05) is 0 Å². The largest absolute Gasteiger partial charge is 0.296 e. The zero-order chi connectivity index (χ0) is 14.6. The predicted octanol–water partition coefficient (Wildman–Crippen LogP) is 5.64. The van der Waals surface area contributed by atoms with Crippen LogP contribution in [0.5, 0.6) is 0 Å². The maximum absolute atomic E-state index is 2.93. The van der Waals surface area contributed by atoms with Crippen LogP contribution in [0, 0.1) is 11.3 Å². The molecule has 20 heavy (non-hydrogen) atoms. The summed E-state index contributed by atoms with van der Waals surface area (Å²) in [5.41, 5.74) is 0.753. The molecule has 1 saturated heterocycles. The Morgan fingerprint density at radius 1 is 1.00 bits per heavy atom. The molecule has 118 valence electrons. The Hall–Kier alpha value is -0.0400. The van der Waals surface area contributed by atoms with Gasteiger partial charge in [-0.2, -0.15) is 0 Å². The molecule has 0 aromatic heterocycles.